The molecule has 4 nitrogen and oxygen atoms in total. The lowest BCUT2D eigenvalue weighted by Crippen LogP contribution is -2.27. The van der Waals surface area contributed by atoms with Crippen molar-refractivity contribution in [3.63, 3.8) is 0 Å². The fraction of sp³-hybridized carbons (Fsp3) is 0.154. The van der Waals surface area contributed by atoms with Gasteiger partial charge in [0.05, 0.1) is 5.56 Å². The van der Waals surface area contributed by atoms with Crippen LogP contribution in [0.25, 0.3) is 0 Å². The van der Waals surface area contributed by atoms with Crippen LogP contribution in [0.5, 0.6) is 0 Å². The summed E-state index contributed by atoms with van der Waals surface area (Å²) in [5.41, 5.74) is 0.652. The maximum atomic E-state index is 13.3. The molecule has 0 saturated heterocycles. The average Bonchev–Trinajstić information content (AvgIpc) is 2.43. The number of carbonyl (C=O) groups excluding carboxylic acids is 1. The summed E-state index contributed by atoms with van der Waals surface area (Å²) in [4.78, 5) is 18.6. The summed E-state index contributed by atoms with van der Waals surface area (Å²) >= 11 is 0. The van der Waals surface area contributed by atoms with Crippen molar-refractivity contribution in [3.8, 4) is 0 Å². The fourth-order valence-corrected chi connectivity index (χ4v) is 1.56. The van der Waals surface area contributed by atoms with Crippen LogP contribution in [0.1, 0.15) is 15.9 Å². The van der Waals surface area contributed by atoms with E-state index in [1.54, 1.807) is 12.4 Å². The van der Waals surface area contributed by atoms with Crippen LogP contribution in [0, 0.1) is 11.8 Å². The number of hydrogen-bond donors (Lipinski definition) is 1. The van der Waals surface area contributed by atoms with E-state index >= 15 is 0 Å². The molecule has 0 unspecified atom stereocenters. The van der Waals surface area contributed by atoms with Crippen LogP contribution in [-0.2, 0) is 6.42 Å². The lowest BCUT2D eigenvalue weighted by molar-refractivity contribution is 0.0948. The number of amides is 1. The summed E-state index contributed by atoms with van der Waals surface area (Å²) in [5, 5.41) is 2.52. The fourth-order valence-electron chi connectivity index (χ4n) is 1.56. The van der Waals surface area contributed by atoms with Gasteiger partial charge in [-0.3, -0.25) is 9.78 Å². The first-order chi connectivity index (χ1) is 9.18. The zero-order chi connectivity index (χ0) is 13.7. The first-order valence-corrected chi connectivity index (χ1v) is 5.65. The molecule has 0 radical (unpaired) electrons. The van der Waals surface area contributed by atoms with Gasteiger partial charge in [0.2, 0.25) is 5.95 Å². The zero-order valence-corrected chi connectivity index (χ0v) is 9.94. The van der Waals surface area contributed by atoms with E-state index in [0.717, 1.165) is 17.8 Å². The maximum absolute atomic E-state index is 13.3. The molecule has 2 heterocycles. The van der Waals surface area contributed by atoms with Gasteiger partial charge in [0.15, 0.2) is 5.82 Å². The van der Waals surface area contributed by atoms with Crippen molar-refractivity contribution < 1.29 is 13.6 Å². The Morgan fingerprint density at radius 1 is 1.16 bits per heavy atom. The third-order valence-corrected chi connectivity index (χ3v) is 2.54. The molecule has 1 amide bonds. The Morgan fingerprint density at radius 3 is 2.63 bits per heavy atom. The lowest BCUT2D eigenvalue weighted by Gasteiger charge is -2.06. The topological polar surface area (TPSA) is 54.9 Å². The molecule has 1 N–H and O–H groups in total. The summed E-state index contributed by atoms with van der Waals surface area (Å²) in [6, 6.07) is 4.78. The van der Waals surface area contributed by atoms with Crippen LogP contribution in [-0.4, -0.2) is 22.4 Å². The summed E-state index contributed by atoms with van der Waals surface area (Å²) in [5.74, 6) is -3.17. The standard InChI is InChI=1S/C13H11F2N3O/c14-11-10(4-8-17-12(11)15)13(19)18-7-3-9-1-5-16-6-2-9/h1-2,4-6,8H,3,7H2,(H,18,19). The van der Waals surface area contributed by atoms with E-state index in [1.807, 2.05) is 12.1 Å². The molecule has 0 saturated carbocycles. The summed E-state index contributed by atoms with van der Waals surface area (Å²) in [6.45, 7) is 0.326. The molecule has 0 aliphatic heterocycles. The largest absolute Gasteiger partial charge is 0.352 e. The molecule has 0 bridgehead atoms. The molecule has 6 heteroatoms. The summed E-state index contributed by atoms with van der Waals surface area (Å²) in [6.07, 6.45) is 4.93. The second-order valence-corrected chi connectivity index (χ2v) is 3.82. The van der Waals surface area contributed by atoms with Crippen LogP contribution in [0.4, 0.5) is 8.78 Å². The highest BCUT2D eigenvalue weighted by Crippen LogP contribution is 2.08. The predicted molar refractivity (Wildman–Crippen MR) is 64.4 cm³/mol. The van der Waals surface area contributed by atoms with Crippen molar-refractivity contribution in [3.05, 3.63) is 59.7 Å². The second kappa shape index (κ2) is 5.99. The van der Waals surface area contributed by atoms with Gasteiger partial charge < -0.3 is 5.32 Å². The minimum absolute atomic E-state index is 0.326. The van der Waals surface area contributed by atoms with Gasteiger partial charge in [-0.05, 0) is 30.2 Å². The monoisotopic (exact) mass is 263 g/mol. The minimum atomic E-state index is -1.28. The first-order valence-electron chi connectivity index (χ1n) is 5.65. The quantitative estimate of drug-likeness (QED) is 0.855. The molecule has 0 aliphatic carbocycles. The third-order valence-electron chi connectivity index (χ3n) is 2.54. The smallest absolute Gasteiger partial charge is 0.254 e. The number of hydrogen-bond acceptors (Lipinski definition) is 3. The first kappa shape index (κ1) is 13.1. The zero-order valence-electron chi connectivity index (χ0n) is 9.94. The Labute approximate surface area is 108 Å². The summed E-state index contributed by atoms with van der Waals surface area (Å²) < 4.78 is 26.1. The molecular weight excluding hydrogens is 252 g/mol. The Kier molecular flexibility index (Phi) is 4.12. The van der Waals surface area contributed by atoms with Crippen molar-refractivity contribution in [1.29, 1.82) is 0 Å². The van der Waals surface area contributed by atoms with Crippen LogP contribution in [0.2, 0.25) is 0 Å². The number of rotatable bonds is 4. The van der Waals surface area contributed by atoms with Crippen molar-refractivity contribution in [2.24, 2.45) is 0 Å². The van der Waals surface area contributed by atoms with Crippen molar-refractivity contribution in [2.75, 3.05) is 6.54 Å². The van der Waals surface area contributed by atoms with E-state index in [9.17, 15) is 13.6 Å². The average molecular weight is 263 g/mol. The maximum Gasteiger partial charge on any atom is 0.254 e. The molecule has 2 aromatic rings. The van der Waals surface area contributed by atoms with Crippen LogP contribution >= 0.6 is 0 Å². The van der Waals surface area contributed by atoms with E-state index in [4.69, 9.17) is 0 Å². The van der Waals surface area contributed by atoms with Gasteiger partial charge in [0.25, 0.3) is 5.91 Å². The molecule has 19 heavy (non-hydrogen) atoms. The molecule has 2 aromatic heterocycles. The molecule has 0 atom stereocenters. The Morgan fingerprint density at radius 2 is 1.89 bits per heavy atom. The number of carbonyl (C=O) groups is 1. The molecule has 0 aromatic carbocycles. The van der Waals surface area contributed by atoms with E-state index in [1.165, 1.54) is 0 Å². The van der Waals surface area contributed by atoms with Crippen LogP contribution in [0.15, 0.2) is 36.8 Å². The SMILES string of the molecule is O=C(NCCc1ccncc1)c1ccnc(F)c1F. The van der Waals surface area contributed by atoms with Gasteiger partial charge in [-0.25, -0.2) is 9.37 Å². The molecule has 98 valence electrons. The van der Waals surface area contributed by atoms with Crippen molar-refractivity contribution in [1.82, 2.24) is 15.3 Å². The Balaban J connectivity index is 1.93. The molecule has 2 rings (SSSR count). The van der Waals surface area contributed by atoms with Gasteiger partial charge in [-0.15, -0.1) is 0 Å². The van der Waals surface area contributed by atoms with E-state index < -0.39 is 17.7 Å². The number of pyridine rings is 2. The van der Waals surface area contributed by atoms with Gasteiger partial charge in [0.1, 0.15) is 0 Å². The van der Waals surface area contributed by atoms with Crippen molar-refractivity contribution >= 4 is 5.91 Å². The summed E-state index contributed by atoms with van der Waals surface area (Å²) in [7, 11) is 0. The highest BCUT2D eigenvalue weighted by atomic mass is 19.2. The van der Waals surface area contributed by atoms with E-state index in [2.05, 4.69) is 15.3 Å². The van der Waals surface area contributed by atoms with Gasteiger partial charge in [-0.1, -0.05) is 0 Å². The Bertz CT molecular complexity index is 575. The molecule has 0 fully saturated rings. The number of aromatic nitrogens is 2. The van der Waals surface area contributed by atoms with Crippen LogP contribution in [0.3, 0.4) is 0 Å². The second-order valence-electron chi connectivity index (χ2n) is 3.82. The molecular formula is C13H11F2N3O. The van der Waals surface area contributed by atoms with Crippen molar-refractivity contribution in [2.45, 2.75) is 6.42 Å². The van der Waals surface area contributed by atoms with Gasteiger partial charge in [0, 0.05) is 25.1 Å². The highest BCUT2D eigenvalue weighted by Gasteiger charge is 2.15. The van der Waals surface area contributed by atoms with E-state index in [0.29, 0.717) is 13.0 Å². The number of nitrogens with one attached hydrogen (secondary N) is 1. The van der Waals surface area contributed by atoms with Gasteiger partial charge >= 0.3 is 0 Å². The predicted octanol–water partition coefficient (Wildman–Crippen LogP) is 1.73. The van der Waals surface area contributed by atoms with Crippen LogP contribution < -0.4 is 5.32 Å². The Hall–Kier alpha value is -2.37. The number of nitrogens with zero attached hydrogens (tertiary/aromatic N) is 2. The normalized spacial score (nSPS) is 10.2. The lowest BCUT2D eigenvalue weighted by atomic mass is 10.2. The number of halogens is 2. The third kappa shape index (κ3) is 3.31. The molecule has 0 spiro atoms. The molecule has 0 aliphatic rings. The highest BCUT2D eigenvalue weighted by molar-refractivity contribution is 5.94. The van der Waals surface area contributed by atoms with E-state index in [-0.39, 0.29) is 5.56 Å². The van der Waals surface area contributed by atoms with Gasteiger partial charge in [-0.2, -0.15) is 4.39 Å². The minimum Gasteiger partial charge on any atom is -0.352 e.